The Labute approximate surface area is 113 Å². The lowest BCUT2D eigenvalue weighted by molar-refractivity contribution is 0.248. The van der Waals surface area contributed by atoms with E-state index in [1.54, 1.807) is 0 Å². The maximum absolute atomic E-state index is 6.06. The number of nitrogens with zero attached hydrogens (tertiary/aromatic N) is 3. The average molecular weight is 286 g/mol. The lowest BCUT2D eigenvalue weighted by Crippen LogP contribution is -2.22. The molecule has 0 spiro atoms. The van der Waals surface area contributed by atoms with Crippen molar-refractivity contribution in [2.75, 3.05) is 6.54 Å². The van der Waals surface area contributed by atoms with Crippen molar-refractivity contribution in [3.8, 4) is 0 Å². The van der Waals surface area contributed by atoms with Gasteiger partial charge in [0.2, 0.25) is 0 Å². The molecule has 3 heterocycles. The number of rotatable bonds is 3. The topological polar surface area (TPSA) is 29.0 Å². The predicted octanol–water partition coefficient (Wildman–Crippen LogP) is 3.59. The molecule has 1 atom stereocenters. The van der Waals surface area contributed by atoms with Crippen LogP contribution in [0.5, 0.6) is 0 Å². The Morgan fingerprint density at radius 3 is 3.18 bits per heavy atom. The van der Waals surface area contributed by atoms with Crippen LogP contribution in [0.2, 0.25) is 4.34 Å². The molecule has 0 N–H and O–H groups in total. The second kappa shape index (κ2) is 5.02. The first kappa shape index (κ1) is 11.6. The summed E-state index contributed by atoms with van der Waals surface area (Å²) in [5.41, 5.74) is 0.917. The number of thiophene rings is 1. The Kier molecular flexibility index (Phi) is 3.42. The van der Waals surface area contributed by atoms with Gasteiger partial charge in [-0.05, 0) is 30.8 Å². The molecular weight excluding hydrogens is 274 g/mol. The largest absolute Gasteiger partial charge is 0.290 e. The summed E-state index contributed by atoms with van der Waals surface area (Å²) in [6.45, 7) is 1.94. The van der Waals surface area contributed by atoms with E-state index in [1.165, 1.54) is 29.3 Å². The van der Waals surface area contributed by atoms with Crippen LogP contribution in [-0.4, -0.2) is 21.0 Å². The van der Waals surface area contributed by atoms with Crippen molar-refractivity contribution >= 4 is 34.5 Å². The van der Waals surface area contributed by atoms with Crippen LogP contribution in [0.25, 0.3) is 0 Å². The third-order valence-electron chi connectivity index (χ3n) is 3.10. The molecule has 6 heteroatoms. The number of likely N-dealkylation sites (tertiary alicyclic amines) is 1. The SMILES string of the molecule is Clc1snnc1CN1CCC[C@H]1c1cccs1. The minimum absolute atomic E-state index is 0.535. The normalized spacial score (nSPS) is 21.1. The van der Waals surface area contributed by atoms with E-state index >= 15 is 0 Å². The average Bonchev–Trinajstić information content (AvgIpc) is 3.02. The summed E-state index contributed by atoms with van der Waals surface area (Å²) in [5, 5.41) is 6.24. The molecular formula is C11H12ClN3S2. The highest BCUT2D eigenvalue weighted by Gasteiger charge is 2.27. The molecule has 0 amide bonds. The molecule has 0 aliphatic carbocycles. The molecule has 3 nitrogen and oxygen atoms in total. The van der Waals surface area contributed by atoms with Gasteiger partial charge in [0.15, 0.2) is 0 Å². The lowest BCUT2D eigenvalue weighted by atomic mass is 10.2. The van der Waals surface area contributed by atoms with E-state index in [-0.39, 0.29) is 0 Å². The van der Waals surface area contributed by atoms with Gasteiger partial charge in [-0.3, -0.25) is 4.90 Å². The zero-order chi connectivity index (χ0) is 11.7. The zero-order valence-corrected chi connectivity index (χ0v) is 11.6. The summed E-state index contributed by atoms with van der Waals surface area (Å²) >= 11 is 9.16. The smallest absolute Gasteiger partial charge is 0.138 e. The Bertz CT molecular complexity index is 483. The van der Waals surface area contributed by atoms with Crippen molar-refractivity contribution in [1.82, 2.24) is 14.5 Å². The van der Waals surface area contributed by atoms with Crippen LogP contribution in [0.4, 0.5) is 0 Å². The fourth-order valence-corrected chi connectivity index (χ4v) is 3.81. The van der Waals surface area contributed by atoms with E-state index in [9.17, 15) is 0 Å². The third-order valence-corrected chi connectivity index (χ3v) is 5.06. The van der Waals surface area contributed by atoms with Crippen LogP contribution in [0.1, 0.15) is 29.5 Å². The van der Waals surface area contributed by atoms with Gasteiger partial charge in [-0.1, -0.05) is 22.2 Å². The van der Waals surface area contributed by atoms with Gasteiger partial charge < -0.3 is 0 Å². The van der Waals surface area contributed by atoms with Gasteiger partial charge in [-0.2, -0.15) is 0 Å². The summed E-state index contributed by atoms with van der Waals surface area (Å²) in [4.78, 5) is 3.90. The number of hydrogen-bond acceptors (Lipinski definition) is 5. The van der Waals surface area contributed by atoms with Crippen LogP contribution in [-0.2, 0) is 6.54 Å². The van der Waals surface area contributed by atoms with Gasteiger partial charge in [0.05, 0.1) is 0 Å². The van der Waals surface area contributed by atoms with Crippen LogP contribution in [0, 0.1) is 0 Å². The standard InChI is InChI=1S/C11H12ClN3S2/c12-11-8(13-14-17-11)7-15-5-1-3-9(15)10-4-2-6-16-10/h2,4,6,9H,1,3,5,7H2/t9-/m0/s1. The highest BCUT2D eigenvalue weighted by molar-refractivity contribution is 7.10. The van der Waals surface area contributed by atoms with Crippen LogP contribution >= 0.6 is 34.5 Å². The predicted molar refractivity (Wildman–Crippen MR) is 71.6 cm³/mol. The van der Waals surface area contributed by atoms with E-state index in [0.717, 1.165) is 23.1 Å². The van der Waals surface area contributed by atoms with Gasteiger partial charge in [0, 0.05) is 29.0 Å². The van der Waals surface area contributed by atoms with E-state index in [1.807, 2.05) is 11.3 Å². The van der Waals surface area contributed by atoms with E-state index in [0.29, 0.717) is 6.04 Å². The first-order valence-electron chi connectivity index (χ1n) is 5.59. The van der Waals surface area contributed by atoms with Crippen molar-refractivity contribution < 1.29 is 0 Å². The van der Waals surface area contributed by atoms with Crippen molar-refractivity contribution in [3.63, 3.8) is 0 Å². The molecule has 90 valence electrons. The fraction of sp³-hybridized carbons (Fsp3) is 0.455. The van der Waals surface area contributed by atoms with Crippen molar-refractivity contribution in [2.24, 2.45) is 0 Å². The molecule has 0 radical (unpaired) electrons. The maximum atomic E-state index is 6.06. The molecule has 2 aromatic heterocycles. The Hall–Kier alpha value is -0.490. The summed E-state index contributed by atoms with van der Waals surface area (Å²) < 4.78 is 4.61. The first-order chi connectivity index (χ1) is 8.34. The lowest BCUT2D eigenvalue weighted by Gasteiger charge is -2.22. The summed E-state index contributed by atoms with van der Waals surface area (Å²) in [5.74, 6) is 0. The molecule has 1 fully saturated rings. The van der Waals surface area contributed by atoms with Gasteiger partial charge in [-0.25, -0.2) is 0 Å². The van der Waals surface area contributed by atoms with Crippen LogP contribution in [0.15, 0.2) is 17.5 Å². The Morgan fingerprint density at radius 2 is 2.47 bits per heavy atom. The summed E-state index contributed by atoms with van der Waals surface area (Å²) in [7, 11) is 0. The van der Waals surface area contributed by atoms with E-state index < -0.39 is 0 Å². The quantitative estimate of drug-likeness (QED) is 0.863. The van der Waals surface area contributed by atoms with E-state index in [2.05, 4.69) is 32.0 Å². The molecule has 17 heavy (non-hydrogen) atoms. The molecule has 0 saturated carbocycles. The molecule has 2 aromatic rings. The number of aromatic nitrogens is 2. The zero-order valence-electron chi connectivity index (χ0n) is 9.17. The van der Waals surface area contributed by atoms with Gasteiger partial charge in [0.1, 0.15) is 10.0 Å². The molecule has 0 aromatic carbocycles. The molecule has 1 aliphatic rings. The molecule has 1 saturated heterocycles. The monoisotopic (exact) mass is 285 g/mol. The molecule has 0 unspecified atom stereocenters. The molecule has 1 aliphatic heterocycles. The van der Waals surface area contributed by atoms with Crippen molar-refractivity contribution in [1.29, 1.82) is 0 Å². The minimum atomic E-state index is 0.535. The summed E-state index contributed by atoms with van der Waals surface area (Å²) in [6, 6.07) is 4.87. The summed E-state index contributed by atoms with van der Waals surface area (Å²) in [6.07, 6.45) is 2.48. The number of halogens is 1. The van der Waals surface area contributed by atoms with Crippen LogP contribution in [0.3, 0.4) is 0 Å². The molecule has 0 bridgehead atoms. The van der Waals surface area contributed by atoms with Crippen molar-refractivity contribution in [3.05, 3.63) is 32.4 Å². The van der Waals surface area contributed by atoms with Gasteiger partial charge in [0.25, 0.3) is 0 Å². The van der Waals surface area contributed by atoms with Gasteiger partial charge in [-0.15, -0.1) is 16.4 Å². The van der Waals surface area contributed by atoms with Crippen LogP contribution < -0.4 is 0 Å². The number of hydrogen-bond donors (Lipinski definition) is 0. The molecule has 3 rings (SSSR count). The van der Waals surface area contributed by atoms with Gasteiger partial charge >= 0.3 is 0 Å². The second-order valence-corrected chi connectivity index (χ2v) is 6.47. The second-order valence-electron chi connectivity index (χ2n) is 4.14. The third kappa shape index (κ3) is 2.38. The highest BCUT2D eigenvalue weighted by Crippen LogP contribution is 2.36. The first-order valence-corrected chi connectivity index (χ1v) is 7.62. The maximum Gasteiger partial charge on any atom is 0.138 e. The highest BCUT2D eigenvalue weighted by atomic mass is 35.5. The van der Waals surface area contributed by atoms with E-state index in [4.69, 9.17) is 11.6 Å². The fourth-order valence-electron chi connectivity index (χ4n) is 2.30. The minimum Gasteiger partial charge on any atom is -0.290 e. The van der Waals surface area contributed by atoms with Crippen molar-refractivity contribution in [2.45, 2.75) is 25.4 Å². The Morgan fingerprint density at radius 1 is 1.53 bits per heavy atom. The Balaban J connectivity index is 1.77.